The van der Waals surface area contributed by atoms with E-state index in [9.17, 15) is 9.59 Å². The molecular formula is C15H28N2O3. The van der Waals surface area contributed by atoms with Gasteiger partial charge in [-0.25, -0.2) is 0 Å². The SMILES string of the molecule is CCCC1C(=O)NC(CC(C)C)C(=O)N1CCOCC. The predicted molar refractivity (Wildman–Crippen MR) is 78.3 cm³/mol. The molecule has 5 heteroatoms. The molecule has 2 amide bonds. The van der Waals surface area contributed by atoms with E-state index in [1.165, 1.54) is 0 Å². The van der Waals surface area contributed by atoms with Gasteiger partial charge in [0, 0.05) is 13.2 Å². The number of amides is 2. The van der Waals surface area contributed by atoms with E-state index < -0.39 is 0 Å². The number of piperazine rings is 1. The van der Waals surface area contributed by atoms with E-state index in [1.54, 1.807) is 4.90 Å². The van der Waals surface area contributed by atoms with Gasteiger partial charge in [0.2, 0.25) is 11.8 Å². The van der Waals surface area contributed by atoms with Gasteiger partial charge in [0.05, 0.1) is 6.61 Å². The fourth-order valence-electron chi connectivity index (χ4n) is 2.59. The van der Waals surface area contributed by atoms with Gasteiger partial charge in [-0.1, -0.05) is 27.2 Å². The van der Waals surface area contributed by atoms with Crippen molar-refractivity contribution in [1.82, 2.24) is 10.2 Å². The topological polar surface area (TPSA) is 58.6 Å². The molecule has 0 aromatic heterocycles. The van der Waals surface area contributed by atoms with Crippen molar-refractivity contribution in [2.45, 2.75) is 59.0 Å². The van der Waals surface area contributed by atoms with Crippen molar-refractivity contribution in [2.75, 3.05) is 19.8 Å². The molecule has 5 nitrogen and oxygen atoms in total. The monoisotopic (exact) mass is 284 g/mol. The summed E-state index contributed by atoms with van der Waals surface area (Å²) in [7, 11) is 0. The highest BCUT2D eigenvalue weighted by Gasteiger charge is 2.39. The maximum Gasteiger partial charge on any atom is 0.245 e. The van der Waals surface area contributed by atoms with Gasteiger partial charge >= 0.3 is 0 Å². The molecule has 1 rings (SSSR count). The van der Waals surface area contributed by atoms with E-state index in [0.717, 1.165) is 6.42 Å². The largest absolute Gasteiger partial charge is 0.380 e. The summed E-state index contributed by atoms with van der Waals surface area (Å²) >= 11 is 0. The lowest BCUT2D eigenvalue weighted by Crippen LogP contribution is -2.64. The zero-order valence-electron chi connectivity index (χ0n) is 13.1. The smallest absolute Gasteiger partial charge is 0.245 e. The van der Waals surface area contributed by atoms with Crippen LogP contribution in [0.15, 0.2) is 0 Å². The van der Waals surface area contributed by atoms with Crippen LogP contribution in [0.5, 0.6) is 0 Å². The Morgan fingerprint density at radius 1 is 1.30 bits per heavy atom. The zero-order chi connectivity index (χ0) is 15.1. The van der Waals surface area contributed by atoms with Crippen LogP contribution in [-0.4, -0.2) is 48.6 Å². The van der Waals surface area contributed by atoms with Gasteiger partial charge in [-0.2, -0.15) is 0 Å². The molecule has 0 saturated carbocycles. The second-order valence-electron chi connectivity index (χ2n) is 5.72. The molecule has 1 heterocycles. The third kappa shape index (κ3) is 4.47. The second kappa shape index (κ2) is 8.25. The van der Waals surface area contributed by atoms with E-state index in [0.29, 0.717) is 38.5 Å². The number of hydrogen-bond acceptors (Lipinski definition) is 3. The molecule has 1 aliphatic rings. The predicted octanol–water partition coefficient (Wildman–Crippen LogP) is 1.56. The van der Waals surface area contributed by atoms with E-state index in [1.807, 2.05) is 13.8 Å². The molecular weight excluding hydrogens is 256 g/mol. The molecule has 2 unspecified atom stereocenters. The number of nitrogens with zero attached hydrogens (tertiary/aromatic N) is 1. The van der Waals surface area contributed by atoms with Crippen LogP contribution in [0.2, 0.25) is 0 Å². The van der Waals surface area contributed by atoms with Crippen LogP contribution in [0.25, 0.3) is 0 Å². The minimum atomic E-state index is -0.378. The molecule has 2 atom stereocenters. The van der Waals surface area contributed by atoms with Crippen molar-refractivity contribution >= 4 is 11.8 Å². The Bertz CT molecular complexity index is 331. The van der Waals surface area contributed by atoms with Gasteiger partial charge < -0.3 is 15.0 Å². The van der Waals surface area contributed by atoms with Gasteiger partial charge in [0.1, 0.15) is 12.1 Å². The van der Waals surface area contributed by atoms with Gasteiger partial charge in [0.25, 0.3) is 0 Å². The lowest BCUT2D eigenvalue weighted by molar-refractivity contribution is -0.150. The third-order valence-corrected chi connectivity index (χ3v) is 3.53. The van der Waals surface area contributed by atoms with Crippen LogP contribution in [-0.2, 0) is 14.3 Å². The standard InChI is InChI=1S/C15H28N2O3/c1-5-7-13-14(18)16-12(10-11(3)4)15(19)17(13)8-9-20-6-2/h11-13H,5-10H2,1-4H3,(H,16,18). The Morgan fingerprint density at radius 2 is 2.00 bits per heavy atom. The summed E-state index contributed by atoms with van der Waals surface area (Å²) in [5, 5.41) is 2.88. The van der Waals surface area contributed by atoms with Crippen molar-refractivity contribution in [1.29, 1.82) is 0 Å². The summed E-state index contributed by atoms with van der Waals surface area (Å²) in [6.45, 7) is 9.68. The highest BCUT2D eigenvalue weighted by molar-refractivity contribution is 5.96. The van der Waals surface area contributed by atoms with Gasteiger partial charge in [0.15, 0.2) is 0 Å². The Balaban J connectivity index is 2.77. The molecule has 1 fully saturated rings. The second-order valence-corrected chi connectivity index (χ2v) is 5.72. The average molecular weight is 284 g/mol. The van der Waals surface area contributed by atoms with Crippen LogP contribution >= 0.6 is 0 Å². The summed E-state index contributed by atoms with van der Waals surface area (Å²) in [6, 6.07) is -0.714. The summed E-state index contributed by atoms with van der Waals surface area (Å²) in [4.78, 5) is 26.5. The van der Waals surface area contributed by atoms with Crippen molar-refractivity contribution in [2.24, 2.45) is 5.92 Å². The van der Waals surface area contributed by atoms with Gasteiger partial charge in [-0.05, 0) is 25.7 Å². The van der Waals surface area contributed by atoms with E-state index in [-0.39, 0.29) is 23.9 Å². The highest BCUT2D eigenvalue weighted by Crippen LogP contribution is 2.18. The Morgan fingerprint density at radius 3 is 2.55 bits per heavy atom. The molecule has 0 radical (unpaired) electrons. The molecule has 1 aliphatic heterocycles. The van der Waals surface area contributed by atoms with Crippen molar-refractivity contribution < 1.29 is 14.3 Å². The molecule has 1 N–H and O–H groups in total. The van der Waals surface area contributed by atoms with E-state index in [4.69, 9.17) is 4.74 Å². The van der Waals surface area contributed by atoms with Gasteiger partial charge in [-0.15, -0.1) is 0 Å². The van der Waals surface area contributed by atoms with Crippen LogP contribution in [0.3, 0.4) is 0 Å². The summed E-state index contributed by atoms with van der Waals surface area (Å²) < 4.78 is 5.34. The number of hydrogen-bond donors (Lipinski definition) is 1. The zero-order valence-corrected chi connectivity index (χ0v) is 13.1. The highest BCUT2D eigenvalue weighted by atomic mass is 16.5. The first-order chi connectivity index (χ1) is 9.51. The first-order valence-corrected chi connectivity index (χ1v) is 7.69. The van der Waals surface area contributed by atoms with Crippen molar-refractivity contribution in [3.8, 4) is 0 Å². The minimum Gasteiger partial charge on any atom is -0.380 e. The average Bonchev–Trinajstić information content (AvgIpc) is 2.38. The molecule has 0 bridgehead atoms. The van der Waals surface area contributed by atoms with Crippen molar-refractivity contribution in [3.05, 3.63) is 0 Å². The molecule has 20 heavy (non-hydrogen) atoms. The fourth-order valence-corrected chi connectivity index (χ4v) is 2.59. The molecule has 116 valence electrons. The van der Waals surface area contributed by atoms with E-state index in [2.05, 4.69) is 19.2 Å². The number of carbonyl (C=O) groups excluding carboxylic acids is 2. The van der Waals surface area contributed by atoms with Crippen LogP contribution in [0.4, 0.5) is 0 Å². The summed E-state index contributed by atoms with van der Waals surface area (Å²) in [5.74, 6) is 0.394. The van der Waals surface area contributed by atoms with Crippen LogP contribution < -0.4 is 5.32 Å². The molecule has 0 spiro atoms. The van der Waals surface area contributed by atoms with Gasteiger partial charge in [-0.3, -0.25) is 9.59 Å². The lowest BCUT2D eigenvalue weighted by Gasteiger charge is -2.39. The number of ether oxygens (including phenoxy) is 1. The van der Waals surface area contributed by atoms with Crippen LogP contribution in [0, 0.1) is 5.92 Å². The third-order valence-electron chi connectivity index (χ3n) is 3.53. The number of nitrogens with one attached hydrogen (secondary N) is 1. The van der Waals surface area contributed by atoms with E-state index >= 15 is 0 Å². The molecule has 0 aromatic carbocycles. The maximum atomic E-state index is 12.5. The normalized spacial score (nSPS) is 23.4. The molecule has 1 saturated heterocycles. The minimum absolute atomic E-state index is 0.0198. The van der Waals surface area contributed by atoms with Crippen LogP contribution in [0.1, 0.15) is 47.0 Å². The summed E-state index contributed by atoms with van der Waals surface area (Å²) in [6.07, 6.45) is 2.28. The van der Waals surface area contributed by atoms with Crippen molar-refractivity contribution in [3.63, 3.8) is 0 Å². The molecule has 0 aromatic rings. The Labute approximate surface area is 122 Å². The Hall–Kier alpha value is -1.10. The number of carbonyl (C=O) groups is 2. The first-order valence-electron chi connectivity index (χ1n) is 7.69. The first kappa shape index (κ1) is 17.0. The number of rotatable bonds is 8. The molecule has 0 aliphatic carbocycles. The lowest BCUT2D eigenvalue weighted by atomic mass is 9.97. The quantitative estimate of drug-likeness (QED) is 0.688. The fraction of sp³-hybridized carbons (Fsp3) is 0.867. The summed E-state index contributed by atoms with van der Waals surface area (Å²) in [5.41, 5.74) is 0. The maximum absolute atomic E-state index is 12.5. The Kier molecular flexibility index (Phi) is 6.99.